The Balaban J connectivity index is 1.50. The number of hydrogen-bond donors (Lipinski definition) is 3. The van der Waals surface area contributed by atoms with Crippen molar-refractivity contribution in [1.29, 1.82) is 0 Å². The Morgan fingerprint density at radius 2 is 1.97 bits per heavy atom. The maximum absolute atomic E-state index is 10.5. The number of nitrogens with one attached hydrogen (secondary N) is 2. The van der Waals surface area contributed by atoms with E-state index in [1.807, 2.05) is 24.3 Å². The number of ether oxygens (including phenoxy) is 1. The lowest BCUT2D eigenvalue weighted by atomic mass is 9.92. The number of benzene rings is 1. The highest BCUT2D eigenvalue weighted by Gasteiger charge is 2.26. The molecule has 1 atom stereocenters. The van der Waals surface area contributed by atoms with Gasteiger partial charge in [-0.2, -0.15) is 0 Å². The minimum Gasteiger partial charge on any atom is -0.497 e. The second kappa shape index (κ2) is 11.4. The highest BCUT2D eigenvalue weighted by molar-refractivity contribution is 5.80. The first kappa shape index (κ1) is 21.9. The van der Waals surface area contributed by atoms with E-state index in [1.165, 1.54) is 45.2 Å². The molecule has 2 fully saturated rings. The Morgan fingerprint density at radius 1 is 1.21 bits per heavy atom. The van der Waals surface area contributed by atoms with E-state index in [1.54, 1.807) is 7.11 Å². The molecule has 1 aliphatic heterocycles. The number of rotatable bonds is 7. The first-order chi connectivity index (χ1) is 14.2. The highest BCUT2D eigenvalue weighted by atomic mass is 16.5. The molecule has 1 aromatic rings. The van der Waals surface area contributed by atoms with Crippen molar-refractivity contribution >= 4 is 5.96 Å². The fourth-order valence-corrected chi connectivity index (χ4v) is 4.50. The third-order valence-corrected chi connectivity index (χ3v) is 6.21. The second-order valence-corrected chi connectivity index (χ2v) is 8.26. The number of hydrogen-bond acceptors (Lipinski definition) is 4. The van der Waals surface area contributed by atoms with Crippen LogP contribution in [0.3, 0.4) is 0 Å². The van der Waals surface area contributed by atoms with E-state index in [-0.39, 0.29) is 0 Å². The summed E-state index contributed by atoms with van der Waals surface area (Å²) in [6, 6.07) is 8.80. The summed E-state index contributed by atoms with van der Waals surface area (Å²) in [4.78, 5) is 7.34. The van der Waals surface area contributed by atoms with E-state index in [2.05, 4.69) is 27.4 Å². The molecule has 1 saturated heterocycles. The number of aliphatic hydroxyl groups excluding tert-OH is 1. The summed E-state index contributed by atoms with van der Waals surface area (Å²) in [6.07, 6.45) is 8.63. The molecular weight excluding hydrogens is 364 g/mol. The Hall–Kier alpha value is -1.79. The average Bonchev–Trinajstić information content (AvgIpc) is 2.78. The SMILES string of the molecule is CCNC(=NCC(O)c1cccc(OC)c1)NC1CCN(C2CCCCC2)CC1. The van der Waals surface area contributed by atoms with E-state index in [9.17, 15) is 5.11 Å². The molecule has 2 aliphatic rings. The molecule has 0 bridgehead atoms. The Morgan fingerprint density at radius 3 is 2.66 bits per heavy atom. The van der Waals surface area contributed by atoms with Crippen LogP contribution in [-0.2, 0) is 0 Å². The minimum absolute atomic E-state index is 0.323. The van der Waals surface area contributed by atoms with Gasteiger partial charge in [-0.1, -0.05) is 31.4 Å². The van der Waals surface area contributed by atoms with Gasteiger partial charge in [0.05, 0.1) is 19.8 Å². The molecule has 3 rings (SSSR count). The van der Waals surface area contributed by atoms with Crippen molar-refractivity contribution in [2.75, 3.05) is 33.3 Å². The molecule has 0 amide bonds. The van der Waals surface area contributed by atoms with Gasteiger partial charge >= 0.3 is 0 Å². The van der Waals surface area contributed by atoms with Crippen LogP contribution in [0.25, 0.3) is 0 Å². The molecule has 3 N–H and O–H groups in total. The van der Waals surface area contributed by atoms with Crippen LogP contribution in [-0.4, -0.2) is 61.3 Å². The topological polar surface area (TPSA) is 69.1 Å². The van der Waals surface area contributed by atoms with Crippen molar-refractivity contribution < 1.29 is 9.84 Å². The predicted molar refractivity (Wildman–Crippen MR) is 119 cm³/mol. The fourth-order valence-electron chi connectivity index (χ4n) is 4.50. The van der Waals surface area contributed by atoms with Gasteiger partial charge in [-0.3, -0.25) is 4.99 Å². The number of likely N-dealkylation sites (tertiary alicyclic amines) is 1. The zero-order valence-electron chi connectivity index (χ0n) is 18.1. The minimum atomic E-state index is -0.645. The van der Waals surface area contributed by atoms with Gasteiger partial charge in [0, 0.05) is 31.7 Å². The summed E-state index contributed by atoms with van der Waals surface area (Å²) >= 11 is 0. The summed E-state index contributed by atoms with van der Waals surface area (Å²) in [6.45, 7) is 5.55. The standard InChI is InChI=1S/C23H38N4O2/c1-3-24-23(25-17-22(28)18-8-7-11-21(16-18)29-2)26-19-12-14-27(15-13-19)20-9-5-4-6-10-20/h7-8,11,16,19-20,22,28H,3-6,9-10,12-15,17H2,1-2H3,(H2,24,25,26). The largest absolute Gasteiger partial charge is 0.497 e. The molecule has 1 unspecified atom stereocenters. The number of nitrogens with zero attached hydrogens (tertiary/aromatic N) is 2. The van der Waals surface area contributed by atoms with Crippen molar-refractivity contribution in [3.05, 3.63) is 29.8 Å². The molecule has 0 aromatic heterocycles. The van der Waals surface area contributed by atoms with Gasteiger partial charge < -0.3 is 25.4 Å². The van der Waals surface area contributed by atoms with Crippen molar-refractivity contribution in [3.63, 3.8) is 0 Å². The van der Waals surface area contributed by atoms with Crippen molar-refractivity contribution in [2.24, 2.45) is 4.99 Å². The number of methoxy groups -OCH3 is 1. The lowest BCUT2D eigenvalue weighted by Gasteiger charge is -2.39. The lowest BCUT2D eigenvalue weighted by Crippen LogP contribution is -2.51. The monoisotopic (exact) mass is 402 g/mol. The third kappa shape index (κ3) is 6.61. The number of piperidine rings is 1. The molecule has 6 heteroatoms. The summed E-state index contributed by atoms with van der Waals surface area (Å²) in [5.74, 6) is 1.55. The summed E-state index contributed by atoms with van der Waals surface area (Å²) in [5, 5.41) is 17.4. The van der Waals surface area contributed by atoms with Crippen LogP contribution in [0.4, 0.5) is 0 Å². The van der Waals surface area contributed by atoms with E-state index in [0.29, 0.717) is 12.6 Å². The Kier molecular flexibility index (Phi) is 8.62. The molecule has 0 spiro atoms. The molecule has 162 valence electrons. The maximum Gasteiger partial charge on any atom is 0.191 e. The molecule has 1 aromatic carbocycles. The second-order valence-electron chi connectivity index (χ2n) is 8.26. The van der Waals surface area contributed by atoms with Crippen LogP contribution in [0, 0.1) is 0 Å². The lowest BCUT2D eigenvalue weighted by molar-refractivity contribution is 0.119. The zero-order valence-corrected chi connectivity index (χ0v) is 18.1. The number of guanidine groups is 1. The van der Waals surface area contributed by atoms with Crippen molar-refractivity contribution in [2.45, 2.75) is 70.1 Å². The average molecular weight is 403 g/mol. The molecule has 1 aliphatic carbocycles. The van der Waals surface area contributed by atoms with Crippen LogP contribution >= 0.6 is 0 Å². The van der Waals surface area contributed by atoms with Gasteiger partial charge in [-0.25, -0.2) is 0 Å². The summed E-state index contributed by atoms with van der Waals surface area (Å²) in [5.41, 5.74) is 0.824. The van der Waals surface area contributed by atoms with Crippen molar-refractivity contribution in [3.8, 4) is 5.75 Å². The van der Waals surface area contributed by atoms with Gasteiger partial charge in [-0.05, 0) is 50.3 Å². The van der Waals surface area contributed by atoms with Crippen LogP contribution in [0.2, 0.25) is 0 Å². The fraction of sp³-hybridized carbons (Fsp3) is 0.696. The highest BCUT2D eigenvalue weighted by Crippen LogP contribution is 2.25. The third-order valence-electron chi connectivity index (χ3n) is 6.21. The van der Waals surface area contributed by atoms with Gasteiger partial charge in [-0.15, -0.1) is 0 Å². The van der Waals surface area contributed by atoms with E-state index in [0.717, 1.165) is 42.7 Å². The van der Waals surface area contributed by atoms with Gasteiger partial charge in [0.1, 0.15) is 5.75 Å². The Labute approximate surface area is 175 Å². The van der Waals surface area contributed by atoms with Crippen molar-refractivity contribution in [1.82, 2.24) is 15.5 Å². The summed E-state index contributed by atoms with van der Waals surface area (Å²) < 4.78 is 5.25. The first-order valence-electron chi connectivity index (χ1n) is 11.3. The first-order valence-corrected chi connectivity index (χ1v) is 11.3. The quantitative estimate of drug-likeness (QED) is 0.483. The molecule has 29 heavy (non-hydrogen) atoms. The number of aliphatic imine (C=N–C) groups is 1. The number of aliphatic hydroxyl groups is 1. The molecule has 6 nitrogen and oxygen atoms in total. The molecular formula is C23H38N4O2. The summed E-state index contributed by atoms with van der Waals surface area (Å²) in [7, 11) is 1.64. The van der Waals surface area contributed by atoms with E-state index >= 15 is 0 Å². The molecule has 1 heterocycles. The smallest absolute Gasteiger partial charge is 0.191 e. The zero-order chi connectivity index (χ0) is 20.5. The van der Waals surface area contributed by atoms with Crippen LogP contribution in [0.15, 0.2) is 29.3 Å². The van der Waals surface area contributed by atoms with Crippen LogP contribution in [0.1, 0.15) is 63.5 Å². The van der Waals surface area contributed by atoms with E-state index in [4.69, 9.17) is 4.74 Å². The molecule has 1 saturated carbocycles. The van der Waals surface area contributed by atoms with Crippen LogP contribution in [0.5, 0.6) is 5.75 Å². The van der Waals surface area contributed by atoms with Gasteiger partial charge in [0.25, 0.3) is 0 Å². The Bertz CT molecular complexity index is 638. The molecule has 0 radical (unpaired) electrons. The van der Waals surface area contributed by atoms with E-state index < -0.39 is 6.10 Å². The maximum atomic E-state index is 10.5. The van der Waals surface area contributed by atoms with Gasteiger partial charge in [0.2, 0.25) is 0 Å². The predicted octanol–water partition coefficient (Wildman–Crippen LogP) is 3.08. The van der Waals surface area contributed by atoms with Gasteiger partial charge in [0.15, 0.2) is 5.96 Å². The normalized spacial score (nSPS) is 21.0. The van der Waals surface area contributed by atoms with Crippen LogP contribution < -0.4 is 15.4 Å².